The Hall–Kier alpha value is -1.59. The van der Waals surface area contributed by atoms with Gasteiger partial charge in [0.05, 0.1) is 12.0 Å². The van der Waals surface area contributed by atoms with Crippen molar-refractivity contribution in [1.82, 2.24) is 9.80 Å². The first-order chi connectivity index (χ1) is 11.0. The average Bonchev–Trinajstić information content (AvgIpc) is 3.12. The minimum atomic E-state index is -0.345. The fraction of sp³-hybridized carbons (Fsp3) is 0.529. The van der Waals surface area contributed by atoms with Crippen LogP contribution in [0.5, 0.6) is 0 Å². The van der Waals surface area contributed by atoms with Gasteiger partial charge in [-0.1, -0.05) is 23.7 Å². The van der Waals surface area contributed by atoms with Crippen molar-refractivity contribution in [1.29, 1.82) is 0 Å². The van der Waals surface area contributed by atoms with E-state index in [0.29, 0.717) is 24.0 Å². The van der Waals surface area contributed by atoms with E-state index in [1.54, 1.807) is 18.0 Å². The maximum Gasteiger partial charge on any atom is 0.228 e. The van der Waals surface area contributed by atoms with Crippen LogP contribution in [0, 0.1) is 11.8 Å². The highest BCUT2D eigenvalue weighted by molar-refractivity contribution is 6.30. The molecule has 0 aromatic heterocycles. The summed E-state index contributed by atoms with van der Waals surface area (Å²) in [6.45, 7) is 2.04. The highest BCUT2D eigenvalue weighted by atomic mass is 35.5. The van der Waals surface area contributed by atoms with E-state index in [1.807, 2.05) is 23.1 Å². The number of carbonyl (C=O) groups excluding carboxylic acids is 2. The molecule has 1 aromatic rings. The largest absolute Gasteiger partial charge is 0.342 e. The van der Waals surface area contributed by atoms with E-state index in [9.17, 15) is 9.59 Å². The molecule has 0 aliphatic carbocycles. The summed E-state index contributed by atoms with van der Waals surface area (Å²) in [6, 6.07) is 7.18. The highest BCUT2D eigenvalue weighted by Gasteiger charge is 2.45. The van der Waals surface area contributed by atoms with Gasteiger partial charge in [-0.05, 0) is 36.6 Å². The van der Waals surface area contributed by atoms with Gasteiger partial charge in [0.15, 0.2) is 0 Å². The molecule has 0 radical (unpaired) electrons. The van der Waals surface area contributed by atoms with Gasteiger partial charge in [0.25, 0.3) is 0 Å². The summed E-state index contributed by atoms with van der Waals surface area (Å²) in [4.78, 5) is 28.7. The molecule has 2 fully saturated rings. The SMILES string of the molecule is CN1C(=O)CC(C(=O)N2CCC(CN)C2)C1c1cccc(Cl)c1. The van der Waals surface area contributed by atoms with Crippen LogP contribution >= 0.6 is 11.6 Å². The Balaban J connectivity index is 1.85. The lowest BCUT2D eigenvalue weighted by molar-refractivity contribution is -0.135. The molecular formula is C17H22ClN3O2. The molecule has 0 saturated carbocycles. The van der Waals surface area contributed by atoms with Crippen LogP contribution in [0.1, 0.15) is 24.4 Å². The Morgan fingerprint density at radius 2 is 2.22 bits per heavy atom. The maximum absolute atomic E-state index is 12.9. The van der Waals surface area contributed by atoms with Crippen molar-refractivity contribution < 1.29 is 9.59 Å². The van der Waals surface area contributed by atoms with Crippen LogP contribution in [-0.2, 0) is 9.59 Å². The Kier molecular flexibility index (Phi) is 4.60. The van der Waals surface area contributed by atoms with E-state index in [4.69, 9.17) is 17.3 Å². The number of likely N-dealkylation sites (tertiary alicyclic amines) is 2. The number of amides is 2. The molecule has 0 bridgehead atoms. The predicted octanol–water partition coefficient (Wildman–Crippen LogP) is 1.67. The molecule has 0 spiro atoms. The van der Waals surface area contributed by atoms with Crippen molar-refractivity contribution in [3.63, 3.8) is 0 Å². The first-order valence-electron chi connectivity index (χ1n) is 8.01. The van der Waals surface area contributed by atoms with Crippen molar-refractivity contribution in [2.45, 2.75) is 18.9 Å². The van der Waals surface area contributed by atoms with Crippen molar-refractivity contribution >= 4 is 23.4 Å². The third kappa shape index (κ3) is 3.08. The predicted molar refractivity (Wildman–Crippen MR) is 88.8 cm³/mol. The first-order valence-corrected chi connectivity index (χ1v) is 8.39. The highest BCUT2D eigenvalue weighted by Crippen LogP contribution is 2.39. The van der Waals surface area contributed by atoms with Gasteiger partial charge in [-0.25, -0.2) is 0 Å². The molecule has 2 aliphatic heterocycles. The van der Waals surface area contributed by atoms with Crippen LogP contribution in [0.15, 0.2) is 24.3 Å². The Morgan fingerprint density at radius 1 is 1.43 bits per heavy atom. The van der Waals surface area contributed by atoms with E-state index < -0.39 is 0 Å². The van der Waals surface area contributed by atoms with E-state index >= 15 is 0 Å². The molecule has 2 aliphatic rings. The Bertz CT molecular complexity index is 622. The molecule has 6 heteroatoms. The number of nitrogens with two attached hydrogens (primary N) is 1. The van der Waals surface area contributed by atoms with E-state index in [0.717, 1.165) is 18.5 Å². The fourth-order valence-corrected chi connectivity index (χ4v) is 3.90. The molecule has 124 valence electrons. The lowest BCUT2D eigenvalue weighted by Gasteiger charge is -2.28. The Morgan fingerprint density at radius 3 is 2.87 bits per heavy atom. The minimum Gasteiger partial charge on any atom is -0.342 e. The van der Waals surface area contributed by atoms with Crippen LogP contribution in [-0.4, -0.2) is 48.3 Å². The van der Waals surface area contributed by atoms with Gasteiger partial charge in [0.1, 0.15) is 0 Å². The molecule has 2 heterocycles. The van der Waals surface area contributed by atoms with E-state index in [-0.39, 0.29) is 30.2 Å². The number of benzene rings is 1. The second kappa shape index (κ2) is 6.49. The first kappa shape index (κ1) is 16.3. The second-order valence-corrected chi connectivity index (χ2v) is 6.93. The third-order valence-corrected chi connectivity index (χ3v) is 5.26. The van der Waals surface area contributed by atoms with Gasteiger partial charge < -0.3 is 15.5 Å². The zero-order valence-corrected chi connectivity index (χ0v) is 14.0. The van der Waals surface area contributed by atoms with Gasteiger partial charge in [-0.3, -0.25) is 9.59 Å². The molecule has 3 rings (SSSR count). The normalized spacial score (nSPS) is 27.8. The molecule has 3 unspecified atom stereocenters. The minimum absolute atomic E-state index is 0.00268. The van der Waals surface area contributed by atoms with Crippen molar-refractivity contribution in [2.24, 2.45) is 17.6 Å². The number of hydrogen-bond donors (Lipinski definition) is 1. The van der Waals surface area contributed by atoms with E-state index in [2.05, 4.69) is 0 Å². The molecule has 5 nitrogen and oxygen atoms in total. The molecule has 2 saturated heterocycles. The number of hydrogen-bond acceptors (Lipinski definition) is 3. The molecule has 2 N–H and O–H groups in total. The topological polar surface area (TPSA) is 66.6 Å². The van der Waals surface area contributed by atoms with Crippen LogP contribution in [0.2, 0.25) is 5.02 Å². The van der Waals surface area contributed by atoms with Crippen molar-refractivity contribution in [3.05, 3.63) is 34.9 Å². The van der Waals surface area contributed by atoms with Crippen LogP contribution in [0.25, 0.3) is 0 Å². The maximum atomic E-state index is 12.9. The zero-order chi connectivity index (χ0) is 16.6. The number of rotatable bonds is 3. The standard InChI is InChI=1S/C17H22ClN3O2/c1-20-15(22)8-14(16(20)12-3-2-4-13(18)7-12)17(23)21-6-5-11(9-19)10-21/h2-4,7,11,14,16H,5-6,8-10,19H2,1H3. The molecule has 2 amide bonds. The van der Waals surface area contributed by atoms with Crippen molar-refractivity contribution in [3.8, 4) is 0 Å². The molecular weight excluding hydrogens is 314 g/mol. The van der Waals surface area contributed by atoms with E-state index in [1.165, 1.54) is 0 Å². The molecule has 3 atom stereocenters. The van der Waals surface area contributed by atoms with Gasteiger partial charge in [0.2, 0.25) is 11.8 Å². The number of carbonyl (C=O) groups is 2. The summed E-state index contributed by atoms with van der Waals surface area (Å²) >= 11 is 6.09. The summed E-state index contributed by atoms with van der Waals surface area (Å²) in [7, 11) is 1.76. The van der Waals surface area contributed by atoms with Crippen LogP contribution < -0.4 is 5.73 Å². The van der Waals surface area contributed by atoms with Crippen LogP contribution in [0.3, 0.4) is 0 Å². The second-order valence-electron chi connectivity index (χ2n) is 6.49. The average molecular weight is 336 g/mol. The van der Waals surface area contributed by atoms with Gasteiger partial charge in [-0.2, -0.15) is 0 Å². The summed E-state index contributed by atoms with van der Waals surface area (Å²) in [5.74, 6) is 0.0902. The Labute approximate surface area is 141 Å². The lowest BCUT2D eigenvalue weighted by atomic mass is 9.92. The smallest absolute Gasteiger partial charge is 0.228 e. The molecule has 23 heavy (non-hydrogen) atoms. The fourth-order valence-electron chi connectivity index (χ4n) is 3.70. The zero-order valence-electron chi connectivity index (χ0n) is 13.2. The van der Waals surface area contributed by atoms with Gasteiger partial charge in [-0.15, -0.1) is 0 Å². The number of halogens is 1. The quantitative estimate of drug-likeness (QED) is 0.913. The van der Waals surface area contributed by atoms with Crippen molar-refractivity contribution in [2.75, 3.05) is 26.7 Å². The summed E-state index contributed by atoms with van der Waals surface area (Å²) in [6.07, 6.45) is 1.21. The summed E-state index contributed by atoms with van der Waals surface area (Å²) in [5.41, 5.74) is 6.63. The summed E-state index contributed by atoms with van der Waals surface area (Å²) < 4.78 is 0. The number of nitrogens with zero attached hydrogens (tertiary/aromatic N) is 2. The summed E-state index contributed by atoms with van der Waals surface area (Å²) in [5, 5.41) is 0.616. The van der Waals surface area contributed by atoms with Gasteiger partial charge in [0, 0.05) is 31.6 Å². The lowest BCUT2D eigenvalue weighted by Crippen LogP contribution is -2.37. The molecule has 1 aromatic carbocycles. The monoisotopic (exact) mass is 335 g/mol. The van der Waals surface area contributed by atoms with Gasteiger partial charge >= 0.3 is 0 Å². The van der Waals surface area contributed by atoms with Crippen LogP contribution in [0.4, 0.5) is 0 Å². The third-order valence-electron chi connectivity index (χ3n) is 5.02.